The maximum absolute atomic E-state index is 7.02. The van der Waals surface area contributed by atoms with Crippen molar-refractivity contribution in [2.45, 2.75) is 84.0 Å². The van der Waals surface area contributed by atoms with E-state index in [1.807, 2.05) is 12.3 Å². The number of benzene rings is 10. The Morgan fingerprint density at radius 3 is 1.60 bits per heavy atom. The third kappa shape index (κ3) is 9.49. The second kappa shape index (κ2) is 21.1. The zero-order valence-corrected chi connectivity index (χ0v) is 51.9. The van der Waals surface area contributed by atoms with Crippen LogP contribution in [0.5, 0.6) is 11.5 Å². The van der Waals surface area contributed by atoms with Crippen molar-refractivity contribution < 1.29 is 25.8 Å². The molecule has 0 amide bonds. The molecule has 0 saturated heterocycles. The molecule has 0 unspecified atom stereocenters. The summed E-state index contributed by atoms with van der Waals surface area (Å²) >= 11 is 0. The summed E-state index contributed by atoms with van der Waals surface area (Å²) in [6, 6.07) is 92.2. The van der Waals surface area contributed by atoms with Gasteiger partial charge >= 0.3 is 0 Å². The number of hydrogen-bond acceptors (Lipinski definition) is 4. The predicted octanol–water partition coefficient (Wildman–Crippen LogP) is 20.6. The normalized spacial score (nSPS) is 13.6. The van der Waals surface area contributed by atoms with Gasteiger partial charge in [0.2, 0.25) is 0 Å². The van der Waals surface area contributed by atoms with Crippen LogP contribution in [-0.2, 0) is 42.7 Å². The third-order valence-electron chi connectivity index (χ3n) is 17.3. The van der Waals surface area contributed by atoms with Gasteiger partial charge in [-0.15, -0.1) is 53.6 Å². The Labute approximate surface area is 515 Å². The quantitative estimate of drug-likeness (QED) is 0.135. The average molecular weight is 1280 g/mol. The Hall–Kier alpha value is -8.76. The molecule has 0 atom stereocenters. The first kappa shape index (κ1) is 55.4. The van der Waals surface area contributed by atoms with Crippen molar-refractivity contribution in [1.29, 1.82) is 0 Å². The molecule has 1 aliphatic heterocycles. The SMILES string of the molecule is CC(C)(C)c1ccc(C2(c3cc(-c4ccccc4)c(N4[CH-]N(c5[c-]c(Oc6[c-]c7c(cc6)c6ccccc6n7-c6cc(C(C)(C)C)ccn6)cc(C(C)(C)C)c5)c5ccccc54)c(-c4ccccc4)c3)c3ccccc3-c3ccccc32)cc1.[Pt]. The van der Waals surface area contributed by atoms with Crippen LogP contribution in [0, 0.1) is 18.8 Å². The van der Waals surface area contributed by atoms with Gasteiger partial charge in [-0.1, -0.05) is 232 Å². The topological polar surface area (TPSA) is 33.5 Å². The Bertz CT molecular complexity index is 4400. The molecule has 10 aromatic carbocycles. The summed E-state index contributed by atoms with van der Waals surface area (Å²) in [5.74, 6) is 2.04. The summed E-state index contributed by atoms with van der Waals surface area (Å²) in [7, 11) is 0. The number of ether oxygens (including phenoxy) is 1. The second-order valence-electron chi connectivity index (χ2n) is 25.7. The number of rotatable bonds is 9. The molecule has 2 aromatic heterocycles. The van der Waals surface area contributed by atoms with E-state index in [0.29, 0.717) is 11.5 Å². The Morgan fingerprint density at radius 2 is 0.988 bits per heavy atom. The van der Waals surface area contributed by atoms with Crippen LogP contribution in [0.3, 0.4) is 0 Å². The van der Waals surface area contributed by atoms with Gasteiger partial charge in [0.1, 0.15) is 5.82 Å². The van der Waals surface area contributed by atoms with Crippen molar-refractivity contribution in [2.24, 2.45) is 0 Å². The first-order chi connectivity index (χ1) is 40.5. The van der Waals surface area contributed by atoms with Crippen molar-refractivity contribution in [2.75, 3.05) is 9.80 Å². The van der Waals surface area contributed by atoms with Crippen molar-refractivity contribution in [3.63, 3.8) is 0 Å². The van der Waals surface area contributed by atoms with Crippen LogP contribution in [0.4, 0.5) is 22.7 Å². The van der Waals surface area contributed by atoms with E-state index in [1.54, 1.807) is 0 Å². The Balaban J connectivity index is 0.00000672. The van der Waals surface area contributed by atoms with Gasteiger partial charge in [-0.3, -0.25) is 0 Å². The fraction of sp³-hybridized carbons (Fsp3) is 0.165. The Morgan fingerprint density at radius 1 is 0.435 bits per heavy atom. The fourth-order valence-corrected chi connectivity index (χ4v) is 13.0. The van der Waals surface area contributed by atoms with Crippen LogP contribution >= 0.6 is 0 Å². The van der Waals surface area contributed by atoms with Gasteiger partial charge in [-0.05, 0) is 120 Å². The Kier molecular flexibility index (Phi) is 13.7. The zero-order chi connectivity index (χ0) is 57.7. The van der Waals surface area contributed by atoms with Crippen LogP contribution in [0.1, 0.15) is 101 Å². The van der Waals surface area contributed by atoms with Gasteiger partial charge < -0.3 is 19.1 Å². The third-order valence-corrected chi connectivity index (χ3v) is 17.3. The number of nitrogens with zero attached hydrogens (tertiary/aromatic N) is 4. The van der Waals surface area contributed by atoms with Crippen LogP contribution in [0.25, 0.3) is 61.0 Å². The number of hydrogen-bond donors (Lipinski definition) is 0. The van der Waals surface area contributed by atoms with E-state index in [1.165, 1.54) is 44.5 Å². The first-order valence-electron chi connectivity index (χ1n) is 29.3. The minimum Gasteiger partial charge on any atom is -0.509 e. The number of aromatic nitrogens is 2. The van der Waals surface area contributed by atoms with Crippen LogP contribution in [0.15, 0.2) is 237 Å². The number of anilines is 4. The van der Waals surface area contributed by atoms with E-state index in [-0.39, 0.29) is 37.3 Å². The smallest absolute Gasteiger partial charge is 0.135 e. The van der Waals surface area contributed by atoms with Gasteiger partial charge in [-0.2, -0.15) is 6.07 Å². The minimum absolute atomic E-state index is 0. The molecule has 0 bridgehead atoms. The summed E-state index contributed by atoms with van der Waals surface area (Å²) in [6.07, 6.45) is 1.91. The van der Waals surface area contributed by atoms with Crippen molar-refractivity contribution in [3.05, 3.63) is 294 Å². The first-order valence-corrected chi connectivity index (χ1v) is 29.3. The monoisotopic (exact) mass is 1280 g/mol. The molecule has 0 saturated carbocycles. The van der Waals surface area contributed by atoms with E-state index in [9.17, 15) is 0 Å². The largest absolute Gasteiger partial charge is 0.509 e. The molecule has 0 fully saturated rings. The zero-order valence-electron chi connectivity index (χ0n) is 49.6. The van der Waals surface area contributed by atoms with E-state index < -0.39 is 5.41 Å². The van der Waals surface area contributed by atoms with Crippen LogP contribution in [0.2, 0.25) is 0 Å². The summed E-state index contributed by atoms with van der Waals surface area (Å²) in [6.45, 7) is 22.6. The molecule has 6 heteroatoms. The molecular weight excluding hydrogens is 1220 g/mol. The molecule has 2 aliphatic rings. The van der Waals surface area contributed by atoms with E-state index in [4.69, 9.17) is 9.72 Å². The number of fused-ring (bicyclic) bond motifs is 7. The molecule has 85 heavy (non-hydrogen) atoms. The van der Waals surface area contributed by atoms with Gasteiger partial charge in [0, 0.05) is 72.5 Å². The van der Waals surface area contributed by atoms with Crippen molar-refractivity contribution in [3.8, 4) is 50.7 Å². The standard InChI is InChI=1S/C79H67N4O.Pt/c1-76(2,3)54-36-38-55(39-37-54)79(68-31-19-16-28-62(68)63-29-17-20-32-69(63)79)58-46-66(52-24-12-10-13-25-52)75(67(47-58)53-26-14-11-15-27-53)82-51-81(71-34-22-23-35-72(71)82)59-44-57(78(7,8)9)45-61(49-59)84-60-40-41-65-64-30-18-21-33-70(64)83(73(65)50-60)74-48-56(42-43-80-74)77(4,5)6;/h10-48,51H,1-9H3;/q-3;. The second-order valence-corrected chi connectivity index (χ2v) is 25.7. The molecule has 12 aromatic rings. The maximum Gasteiger partial charge on any atom is 0.135 e. The molecule has 5 nitrogen and oxygen atoms in total. The molecule has 14 rings (SSSR count). The van der Waals surface area contributed by atoms with Gasteiger partial charge in [0.25, 0.3) is 0 Å². The summed E-state index contributed by atoms with van der Waals surface area (Å²) < 4.78 is 9.24. The van der Waals surface area contributed by atoms with E-state index in [2.05, 4.69) is 320 Å². The maximum atomic E-state index is 7.02. The number of pyridine rings is 1. The van der Waals surface area contributed by atoms with Crippen molar-refractivity contribution in [1.82, 2.24) is 9.55 Å². The van der Waals surface area contributed by atoms with Crippen molar-refractivity contribution >= 4 is 44.6 Å². The molecule has 0 spiro atoms. The van der Waals surface area contributed by atoms with Crippen LogP contribution < -0.4 is 14.5 Å². The molecule has 422 valence electrons. The van der Waals surface area contributed by atoms with E-state index >= 15 is 0 Å². The van der Waals surface area contributed by atoms with Crippen LogP contribution in [-0.4, -0.2) is 9.55 Å². The summed E-state index contributed by atoms with van der Waals surface area (Å²) in [4.78, 5) is 9.64. The fourth-order valence-electron chi connectivity index (χ4n) is 13.0. The summed E-state index contributed by atoms with van der Waals surface area (Å²) in [5, 5.41) is 2.22. The number of para-hydroxylation sites is 3. The minimum atomic E-state index is -0.653. The predicted molar refractivity (Wildman–Crippen MR) is 349 cm³/mol. The molecule has 0 N–H and O–H groups in total. The molecular formula is C79H67N4OPt-3. The average Bonchev–Trinajstić information content (AvgIpc) is 1.69. The summed E-state index contributed by atoms with van der Waals surface area (Å²) in [5.41, 5.74) is 20.7. The van der Waals surface area contributed by atoms with E-state index in [0.717, 1.165) is 78.2 Å². The molecule has 0 radical (unpaired) electrons. The molecule has 1 aliphatic carbocycles. The van der Waals surface area contributed by atoms with Gasteiger partial charge in [-0.25, -0.2) is 4.98 Å². The molecule has 3 heterocycles. The van der Waals surface area contributed by atoms with Gasteiger partial charge in [0.15, 0.2) is 0 Å². The van der Waals surface area contributed by atoms with Gasteiger partial charge in [0.05, 0.1) is 5.41 Å².